The lowest BCUT2D eigenvalue weighted by Gasteiger charge is -2.03. The Morgan fingerprint density at radius 3 is 2.33 bits per heavy atom. The van der Waals surface area contributed by atoms with Crippen molar-refractivity contribution in [2.45, 2.75) is 13.3 Å². The highest BCUT2D eigenvalue weighted by Crippen LogP contribution is 1.77. The van der Waals surface area contributed by atoms with E-state index >= 15 is 0 Å². The van der Waals surface area contributed by atoms with Gasteiger partial charge in [0.2, 0.25) is 0 Å². The van der Waals surface area contributed by atoms with Gasteiger partial charge in [0, 0.05) is 0 Å². The van der Waals surface area contributed by atoms with E-state index in [4.69, 9.17) is 0 Å². The van der Waals surface area contributed by atoms with Gasteiger partial charge < -0.3 is 4.55 Å². The smallest absolute Gasteiger partial charge is 0.0159 e. The van der Waals surface area contributed by atoms with Crippen LogP contribution in [0.1, 0.15) is 13.3 Å². The Morgan fingerprint density at radius 2 is 2.33 bits per heavy atom. The van der Waals surface area contributed by atoms with Gasteiger partial charge in [-0.05, 0) is 12.2 Å². The first kappa shape index (κ1) is 6.53. The predicted octanol–water partition coefficient (Wildman–Crippen LogP) is 0.607. The second-order valence-electron chi connectivity index (χ2n) is 1.01. The molecule has 0 heterocycles. The van der Waals surface area contributed by atoms with Crippen molar-refractivity contribution in [2.24, 2.45) is 0 Å². The highest BCUT2D eigenvalue weighted by molar-refractivity contribution is 8.25. The van der Waals surface area contributed by atoms with Gasteiger partial charge in [-0.2, -0.15) is 0 Å². The topological polar surface area (TPSA) is 23.1 Å². The maximum atomic E-state index is 9.97. The first-order valence-electron chi connectivity index (χ1n) is 1.83. The number of hydrogen-bond donors (Lipinski definition) is 0. The summed E-state index contributed by atoms with van der Waals surface area (Å²) in [5, 5.41) is 0. The fraction of sp³-hybridized carbons (Fsp3) is 1.00. The summed E-state index contributed by atoms with van der Waals surface area (Å²) in [6, 6.07) is 0. The normalized spacial score (nSPS) is 14.3. The molecule has 1 nitrogen and oxygen atoms in total. The molecule has 6 heavy (non-hydrogen) atoms. The third kappa shape index (κ3) is 4.53. The van der Waals surface area contributed by atoms with Gasteiger partial charge in [-0.25, -0.2) is 9.74 Å². The minimum absolute atomic E-state index is 0.662. The zero-order chi connectivity index (χ0) is 4.99. The van der Waals surface area contributed by atoms with Crippen LogP contribution in [0.2, 0.25) is 0 Å². The van der Waals surface area contributed by atoms with Crippen molar-refractivity contribution in [3.63, 3.8) is 0 Å². The molecular weight excluding hydrogens is 116 g/mol. The van der Waals surface area contributed by atoms with Gasteiger partial charge in [-0.15, -0.1) is 0 Å². The van der Waals surface area contributed by atoms with Crippen LogP contribution < -0.4 is 0 Å². The molecule has 0 radical (unpaired) electrons. The largest absolute Gasteiger partial charge is 0.794 e. The zero-order valence-electron chi connectivity index (χ0n) is 3.64. The van der Waals surface area contributed by atoms with Gasteiger partial charge in [0.1, 0.15) is 0 Å². The third-order valence-electron chi connectivity index (χ3n) is 0.371. The van der Waals surface area contributed by atoms with Crippen LogP contribution in [0.4, 0.5) is 0 Å². The quantitative estimate of drug-likeness (QED) is 0.537. The van der Waals surface area contributed by atoms with Crippen LogP contribution in [0.15, 0.2) is 0 Å². The highest BCUT2D eigenvalue weighted by Gasteiger charge is 1.68. The van der Waals surface area contributed by atoms with Crippen LogP contribution in [0.5, 0.6) is 0 Å². The Labute approximate surface area is 45.2 Å². The van der Waals surface area contributed by atoms with Crippen LogP contribution in [0.25, 0.3) is 0 Å². The fourth-order valence-corrected chi connectivity index (χ4v) is 1.000. The highest BCUT2D eigenvalue weighted by atomic mass is 32.8. The van der Waals surface area contributed by atoms with Crippen LogP contribution in [0.3, 0.4) is 0 Å². The molecule has 0 aliphatic rings. The van der Waals surface area contributed by atoms with Crippen molar-refractivity contribution in [3.8, 4) is 0 Å². The van der Waals surface area contributed by atoms with E-state index in [9.17, 15) is 4.55 Å². The van der Waals surface area contributed by atoms with Gasteiger partial charge in [-0.1, -0.05) is 18.1 Å². The van der Waals surface area contributed by atoms with Gasteiger partial charge >= 0.3 is 0 Å². The lowest BCUT2D eigenvalue weighted by atomic mass is 10.6. The SMILES string of the molecule is CCCS([O-])=S. The Morgan fingerprint density at radius 1 is 1.83 bits per heavy atom. The van der Waals surface area contributed by atoms with Gasteiger partial charge in [0.25, 0.3) is 0 Å². The molecule has 0 bridgehead atoms. The maximum Gasteiger partial charge on any atom is -0.0159 e. The molecule has 1 atom stereocenters. The Balaban J connectivity index is 2.83. The fourth-order valence-electron chi connectivity index (χ4n) is 0.167. The third-order valence-corrected chi connectivity index (χ3v) is 1.61. The molecule has 0 fully saturated rings. The van der Waals surface area contributed by atoms with E-state index in [1.165, 1.54) is 0 Å². The van der Waals surface area contributed by atoms with Crippen LogP contribution >= 0.6 is 0 Å². The molecule has 0 aromatic carbocycles. The first-order chi connectivity index (χ1) is 2.77. The molecule has 3 heteroatoms. The molecular formula is C3H7OS2-. The van der Waals surface area contributed by atoms with E-state index < -0.39 is 9.74 Å². The average molecular weight is 123 g/mol. The first-order valence-corrected chi connectivity index (χ1v) is 4.07. The maximum absolute atomic E-state index is 9.97. The summed E-state index contributed by atoms with van der Waals surface area (Å²) < 4.78 is 9.97. The van der Waals surface area contributed by atoms with Gasteiger partial charge in [0.15, 0.2) is 0 Å². The van der Waals surface area contributed by atoms with Crippen LogP contribution in [-0.2, 0) is 20.9 Å². The summed E-state index contributed by atoms with van der Waals surface area (Å²) in [7, 11) is -0.982. The Kier molecular flexibility index (Phi) is 4.04. The summed E-state index contributed by atoms with van der Waals surface area (Å²) in [5.74, 6) is 0.662. The molecule has 0 N–H and O–H groups in total. The van der Waals surface area contributed by atoms with Crippen molar-refractivity contribution in [2.75, 3.05) is 5.75 Å². The molecule has 0 saturated carbocycles. The lowest BCUT2D eigenvalue weighted by molar-refractivity contribution is 0.610. The van der Waals surface area contributed by atoms with Crippen molar-refractivity contribution in [1.29, 1.82) is 0 Å². The van der Waals surface area contributed by atoms with Crippen LogP contribution in [0, 0.1) is 0 Å². The molecule has 1 unspecified atom stereocenters. The molecule has 0 aliphatic carbocycles. The number of hydrogen-bond acceptors (Lipinski definition) is 2. The zero-order valence-corrected chi connectivity index (χ0v) is 5.27. The second-order valence-corrected chi connectivity index (χ2v) is 3.14. The van der Waals surface area contributed by atoms with E-state index in [1.807, 2.05) is 6.92 Å². The molecule has 38 valence electrons. The molecule has 0 spiro atoms. The molecule has 0 rings (SSSR count). The van der Waals surface area contributed by atoms with Crippen molar-refractivity contribution in [1.82, 2.24) is 0 Å². The minimum atomic E-state index is -0.982. The molecule has 0 saturated heterocycles. The summed E-state index contributed by atoms with van der Waals surface area (Å²) in [6.07, 6.45) is 0.927. The van der Waals surface area contributed by atoms with Crippen molar-refractivity contribution in [3.05, 3.63) is 0 Å². The standard InChI is InChI=1S/C3H8OS2/c1-2-3-6(4)5/h2-3H2,1H3,(H,4,5)/p-1. The van der Waals surface area contributed by atoms with E-state index in [1.54, 1.807) is 0 Å². The lowest BCUT2D eigenvalue weighted by Crippen LogP contribution is -1.88. The second kappa shape index (κ2) is 3.71. The van der Waals surface area contributed by atoms with Crippen molar-refractivity contribution < 1.29 is 4.55 Å². The monoisotopic (exact) mass is 123 g/mol. The van der Waals surface area contributed by atoms with Gasteiger partial charge in [0.05, 0.1) is 0 Å². The van der Waals surface area contributed by atoms with E-state index in [0.717, 1.165) is 6.42 Å². The number of rotatable bonds is 2. The van der Waals surface area contributed by atoms with Crippen molar-refractivity contribution >= 4 is 20.9 Å². The molecule has 0 aromatic rings. The van der Waals surface area contributed by atoms with E-state index in [-0.39, 0.29) is 0 Å². The minimum Gasteiger partial charge on any atom is -0.794 e. The molecule has 0 amide bonds. The summed E-state index contributed by atoms with van der Waals surface area (Å²) in [5.41, 5.74) is 0. The summed E-state index contributed by atoms with van der Waals surface area (Å²) in [4.78, 5) is 0. The summed E-state index contributed by atoms with van der Waals surface area (Å²) in [6.45, 7) is 1.96. The average Bonchev–Trinajstić information content (AvgIpc) is 1.35. The molecule has 0 aliphatic heterocycles. The molecule has 0 aromatic heterocycles. The summed E-state index contributed by atoms with van der Waals surface area (Å²) >= 11 is 4.35. The van der Waals surface area contributed by atoms with E-state index in [2.05, 4.69) is 11.2 Å². The van der Waals surface area contributed by atoms with E-state index in [0.29, 0.717) is 5.75 Å². The van der Waals surface area contributed by atoms with Crippen LogP contribution in [-0.4, -0.2) is 10.3 Å². The van der Waals surface area contributed by atoms with Gasteiger partial charge in [-0.3, -0.25) is 0 Å². The Bertz CT molecular complexity index is 52.8. The Hall–Kier alpha value is 0.530. The predicted molar refractivity (Wildman–Crippen MR) is 30.7 cm³/mol.